The number of aliphatic hydroxyl groups is 1. The van der Waals surface area contributed by atoms with Crippen LogP contribution in [0.3, 0.4) is 0 Å². The van der Waals surface area contributed by atoms with Crippen molar-refractivity contribution in [2.45, 2.75) is 20.0 Å². The van der Waals surface area contributed by atoms with Crippen molar-refractivity contribution < 1.29 is 19.4 Å². The number of rotatable bonds is 5. The molecule has 0 saturated carbocycles. The first-order valence-corrected chi connectivity index (χ1v) is 5.78. The standard InChI is InChI=1S/C11H21NO4/c1-3-15-11(14)9(2)6-12-4-5-16-10(7-12)8-13/h9-10,13H,3-8H2,1-2H3. The molecule has 0 aromatic heterocycles. The van der Waals surface area contributed by atoms with Crippen LogP contribution in [0.4, 0.5) is 0 Å². The number of nitrogens with zero attached hydrogens (tertiary/aromatic N) is 1. The monoisotopic (exact) mass is 231 g/mol. The summed E-state index contributed by atoms with van der Waals surface area (Å²) in [6.07, 6.45) is -0.122. The zero-order chi connectivity index (χ0) is 12.0. The molecule has 0 aromatic rings. The molecule has 0 amide bonds. The Morgan fingerprint density at radius 1 is 1.69 bits per heavy atom. The summed E-state index contributed by atoms with van der Waals surface area (Å²) in [7, 11) is 0. The van der Waals surface area contributed by atoms with Gasteiger partial charge in [-0.05, 0) is 6.92 Å². The van der Waals surface area contributed by atoms with Crippen LogP contribution in [0.5, 0.6) is 0 Å². The summed E-state index contributed by atoms with van der Waals surface area (Å²) in [6, 6.07) is 0. The molecule has 2 unspecified atom stereocenters. The summed E-state index contributed by atoms with van der Waals surface area (Å²) in [5.74, 6) is -0.285. The molecule has 1 heterocycles. The Balaban J connectivity index is 2.32. The molecule has 16 heavy (non-hydrogen) atoms. The van der Waals surface area contributed by atoms with Gasteiger partial charge in [-0.3, -0.25) is 9.69 Å². The van der Waals surface area contributed by atoms with Crippen molar-refractivity contribution in [2.24, 2.45) is 5.92 Å². The van der Waals surface area contributed by atoms with E-state index in [1.165, 1.54) is 0 Å². The lowest BCUT2D eigenvalue weighted by atomic mass is 10.1. The van der Waals surface area contributed by atoms with Crippen LogP contribution >= 0.6 is 0 Å². The van der Waals surface area contributed by atoms with Crippen molar-refractivity contribution in [2.75, 3.05) is 39.5 Å². The predicted molar refractivity (Wildman–Crippen MR) is 59.1 cm³/mol. The van der Waals surface area contributed by atoms with Crippen LogP contribution in [-0.4, -0.2) is 61.5 Å². The van der Waals surface area contributed by atoms with Crippen molar-refractivity contribution in [1.82, 2.24) is 4.90 Å². The Morgan fingerprint density at radius 2 is 2.44 bits per heavy atom. The molecular formula is C11H21NO4. The number of aliphatic hydroxyl groups excluding tert-OH is 1. The Bertz CT molecular complexity index is 222. The summed E-state index contributed by atoms with van der Waals surface area (Å²) >= 11 is 0. The zero-order valence-corrected chi connectivity index (χ0v) is 10.0. The molecule has 2 atom stereocenters. The van der Waals surface area contributed by atoms with Gasteiger partial charge < -0.3 is 14.6 Å². The van der Waals surface area contributed by atoms with Crippen LogP contribution in [-0.2, 0) is 14.3 Å². The van der Waals surface area contributed by atoms with Gasteiger partial charge in [0.1, 0.15) is 0 Å². The van der Waals surface area contributed by atoms with E-state index in [9.17, 15) is 4.79 Å². The smallest absolute Gasteiger partial charge is 0.309 e. The average molecular weight is 231 g/mol. The Kier molecular flexibility index (Phi) is 5.73. The molecule has 0 bridgehead atoms. The largest absolute Gasteiger partial charge is 0.466 e. The first kappa shape index (κ1) is 13.4. The van der Waals surface area contributed by atoms with Crippen molar-refractivity contribution >= 4 is 5.97 Å². The molecule has 1 aliphatic rings. The zero-order valence-electron chi connectivity index (χ0n) is 10.0. The highest BCUT2D eigenvalue weighted by Crippen LogP contribution is 2.09. The lowest BCUT2D eigenvalue weighted by Crippen LogP contribution is -2.46. The maximum Gasteiger partial charge on any atom is 0.309 e. The Morgan fingerprint density at radius 3 is 3.06 bits per heavy atom. The molecule has 0 spiro atoms. The number of morpholine rings is 1. The van der Waals surface area contributed by atoms with Crippen molar-refractivity contribution in [1.29, 1.82) is 0 Å². The molecule has 94 valence electrons. The van der Waals surface area contributed by atoms with Crippen LogP contribution in [0.2, 0.25) is 0 Å². The van der Waals surface area contributed by atoms with Gasteiger partial charge in [0.2, 0.25) is 0 Å². The summed E-state index contributed by atoms with van der Waals surface area (Å²) in [4.78, 5) is 13.6. The van der Waals surface area contributed by atoms with E-state index >= 15 is 0 Å². The van der Waals surface area contributed by atoms with E-state index in [1.54, 1.807) is 6.92 Å². The van der Waals surface area contributed by atoms with Gasteiger partial charge in [0.25, 0.3) is 0 Å². The minimum absolute atomic E-state index is 0.0320. The van der Waals surface area contributed by atoms with E-state index in [4.69, 9.17) is 14.6 Å². The van der Waals surface area contributed by atoms with Gasteiger partial charge in [-0.15, -0.1) is 0 Å². The molecule has 1 fully saturated rings. The molecule has 5 heteroatoms. The lowest BCUT2D eigenvalue weighted by Gasteiger charge is -2.33. The number of carbonyl (C=O) groups is 1. The SMILES string of the molecule is CCOC(=O)C(C)CN1CCOC(CO)C1. The first-order chi connectivity index (χ1) is 7.67. The predicted octanol–water partition coefficient (Wildman–Crippen LogP) is -0.121. The van der Waals surface area contributed by atoms with Gasteiger partial charge in [0, 0.05) is 19.6 Å². The highest BCUT2D eigenvalue weighted by molar-refractivity contribution is 5.72. The second-order valence-electron chi connectivity index (χ2n) is 4.09. The van der Waals surface area contributed by atoms with E-state index in [-0.39, 0.29) is 24.6 Å². The summed E-state index contributed by atoms with van der Waals surface area (Å²) in [5.41, 5.74) is 0. The molecule has 0 aromatic carbocycles. The number of ether oxygens (including phenoxy) is 2. The van der Waals surface area contributed by atoms with Crippen LogP contribution in [0.1, 0.15) is 13.8 Å². The fourth-order valence-electron chi connectivity index (χ4n) is 1.80. The molecule has 1 aliphatic heterocycles. The van der Waals surface area contributed by atoms with Crippen LogP contribution in [0, 0.1) is 5.92 Å². The molecule has 0 radical (unpaired) electrons. The number of esters is 1. The van der Waals surface area contributed by atoms with Gasteiger partial charge >= 0.3 is 5.97 Å². The molecule has 1 saturated heterocycles. The lowest BCUT2D eigenvalue weighted by molar-refractivity contribution is -0.148. The van der Waals surface area contributed by atoms with Crippen LogP contribution in [0.15, 0.2) is 0 Å². The molecule has 5 nitrogen and oxygen atoms in total. The second-order valence-corrected chi connectivity index (χ2v) is 4.09. The highest BCUT2D eigenvalue weighted by atomic mass is 16.5. The molecular weight excluding hydrogens is 210 g/mol. The van der Waals surface area contributed by atoms with Gasteiger partial charge in [-0.25, -0.2) is 0 Å². The second kappa shape index (κ2) is 6.83. The summed E-state index contributed by atoms with van der Waals surface area (Å²) in [6.45, 7) is 6.89. The normalized spacial score (nSPS) is 24.1. The maximum absolute atomic E-state index is 11.4. The van der Waals surface area contributed by atoms with E-state index < -0.39 is 0 Å². The summed E-state index contributed by atoms with van der Waals surface area (Å²) in [5, 5.41) is 8.99. The molecule has 1 rings (SSSR count). The number of hydrogen-bond donors (Lipinski definition) is 1. The van der Waals surface area contributed by atoms with Gasteiger partial charge in [-0.1, -0.05) is 6.92 Å². The molecule has 0 aliphatic carbocycles. The van der Waals surface area contributed by atoms with Crippen LogP contribution in [0.25, 0.3) is 0 Å². The van der Waals surface area contributed by atoms with E-state index in [2.05, 4.69) is 4.90 Å². The van der Waals surface area contributed by atoms with Crippen molar-refractivity contribution in [3.05, 3.63) is 0 Å². The average Bonchev–Trinajstić information content (AvgIpc) is 2.29. The fraction of sp³-hybridized carbons (Fsp3) is 0.909. The maximum atomic E-state index is 11.4. The Labute approximate surface area is 96.3 Å². The quantitative estimate of drug-likeness (QED) is 0.668. The number of hydrogen-bond acceptors (Lipinski definition) is 5. The van der Waals surface area contributed by atoms with E-state index in [1.807, 2.05) is 6.92 Å². The van der Waals surface area contributed by atoms with Crippen molar-refractivity contribution in [3.8, 4) is 0 Å². The van der Waals surface area contributed by atoms with E-state index in [0.29, 0.717) is 26.3 Å². The van der Waals surface area contributed by atoms with Crippen LogP contribution < -0.4 is 0 Å². The van der Waals surface area contributed by atoms with Gasteiger partial charge in [0.15, 0.2) is 0 Å². The van der Waals surface area contributed by atoms with Crippen molar-refractivity contribution in [3.63, 3.8) is 0 Å². The topological polar surface area (TPSA) is 59.0 Å². The minimum Gasteiger partial charge on any atom is -0.466 e. The Hall–Kier alpha value is -0.650. The van der Waals surface area contributed by atoms with Gasteiger partial charge in [-0.2, -0.15) is 0 Å². The molecule has 1 N–H and O–H groups in total. The third-order valence-corrected chi connectivity index (χ3v) is 2.65. The van der Waals surface area contributed by atoms with E-state index in [0.717, 1.165) is 6.54 Å². The summed E-state index contributed by atoms with van der Waals surface area (Å²) < 4.78 is 10.3. The minimum atomic E-state index is -0.158. The van der Waals surface area contributed by atoms with Gasteiger partial charge in [0.05, 0.1) is 31.8 Å². The number of carbonyl (C=O) groups excluding carboxylic acids is 1. The third kappa shape index (κ3) is 4.08. The fourth-order valence-corrected chi connectivity index (χ4v) is 1.80. The first-order valence-electron chi connectivity index (χ1n) is 5.78. The highest BCUT2D eigenvalue weighted by Gasteiger charge is 2.23. The third-order valence-electron chi connectivity index (χ3n) is 2.65.